The molecule has 1 aliphatic rings. The van der Waals surface area contributed by atoms with Crippen molar-refractivity contribution in [2.75, 3.05) is 12.3 Å². The molecular formula is C14H21OP. The van der Waals surface area contributed by atoms with E-state index in [0.717, 1.165) is 17.6 Å². The summed E-state index contributed by atoms with van der Waals surface area (Å²) in [6.07, 6.45) is 1.78. The highest BCUT2D eigenvalue weighted by atomic mass is 31.2. The molecule has 0 saturated carbocycles. The summed E-state index contributed by atoms with van der Waals surface area (Å²) in [5, 5.41) is 1.08. The summed E-state index contributed by atoms with van der Waals surface area (Å²) in [5.41, 5.74) is 0. The standard InChI is InChI=1S/C14H21OP/c1-11-9-16(15,10-12(2)13(11)3)14-7-5-4-6-8-14/h4-8,11-13H,9-10H2,1-3H3/t11-,12+,13?,16?. The molecule has 16 heavy (non-hydrogen) atoms. The Morgan fingerprint density at radius 1 is 1.00 bits per heavy atom. The summed E-state index contributed by atoms with van der Waals surface area (Å²) in [6, 6.07) is 10.1. The summed E-state index contributed by atoms with van der Waals surface area (Å²) < 4.78 is 13.0. The van der Waals surface area contributed by atoms with Crippen LogP contribution in [-0.2, 0) is 4.57 Å². The largest absolute Gasteiger partial charge is 0.319 e. The Morgan fingerprint density at radius 3 is 2.00 bits per heavy atom. The molecule has 0 aromatic heterocycles. The minimum absolute atomic E-state index is 0.579. The van der Waals surface area contributed by atoms with Gasteiger partial charge in [-0.2, -0.15) is 0 Å². The first-order chi connectivity index (χ1) is 7.53. The lowest BCUT2D eigenvalue weighted by atomic mass is 9.87. The minimum atomic E-state index is -2.12. The molecule has 1 aliphatic heterocycles. The first kappa shape index (κ1) is 11.9. The van der Waals surface area contributed by atoms with E-state index >= 15 is 0 Å². The van der Waals surface area contributed by atoms with Gasteiger partial charge < -0.3 is 4.57 Å². The molecule has 0 spiro atoms. The summed E-state index contributed by atoms with van der Waals surface area (Å²) in [4.78, 5) is 0. The molecule has 0 amide bonds. The first-order valence-corrected chi connectivity index (χ1v) is 8.24. The van der Waals surface area contributed by atoms with Gasteiger partial charge in [0, 0.05) is 17.6 Å². The van der Waals surface area contributed by atoms with Crippen molar-refractivity contribution in [3.05, 3.63) is 30.3 Å². The van der Waals surface area contributed by atoms with Crippen molar-refractivity contribution in [3.63, 3.8) is 0 Å². The molecule has 0 radical (unpaired) electrons. The second-order valence-electron chi connectivity index (χ2n) is 5.40. The highest BCUT2D eigenvalue weighted by Crippen LogP contribution is 2.54. The van der Waals surface area contributed by atoms with Crippen molar-refractivity contribution in [2.45, 2.75) is 20.8 Å². The summed E-state index contributed by atoms with van der Waals surface area (Å²) in [7, 11) is -2.12. The Balaban J connectivity index is 2.31. The smallest absolute Gasteiger partial charge is 0.116 e. The molecular weight excluding hydrogens is 215 g/mol. The van der Waals surface area contributed by atoms with Crippen molar-refractivity contribution in [3.8, 4) is 0 Å². The van der Waals surface area contributed by atoms with Gasteiger partial charge >= 0.3 is 0 Å². The van der Waals surface area contributed by atoms with Crippen LogP contribution in [0.4, 0.5) is 0 Å². The number of benzene rings is 1. The Bertz CT molecular complexity index is 382. The van der Waals surface area contributed by atoms with Gasteiger partial charge in [0.25, 0.3) is 0 Å². The quantitative estimate of drug-likeness (QED) is 0.681. The fraction of sp³-hybridized carbons (Fsp3) is 0.571. The summed E-state index contributed by atoms with van der Waals surface area (Å²) >= 11 is 0. The monoisotopic (exact) mass is 236 g/mol. The molecule has 2 rings (SSSR count). The Kier molecular flexibility index (Phi) is 3.26. The lowest BCUT2D eigenvalue weighted by Gasteiger charge is -2.37. The normalized spacial score (nSPS) is 39.6. The van der Waals surface area contributed by atoms with Gasteiger partial charge in [0.05, 0.1) is 0 Å². The molecule has 1 aromatic carbocycles. The molecule has 2 unspecified atom stereocenters. The van der Waals surface area contributed by atoms with E-state index < -0.39 is 7.14 Å². The maximum absolute atomic E-state index is 13.0. The van der Waals surface area contributed by atoms with Crippen LogP contribution in [0.2, 0.25) is 0 Å². The van der Waals surface area contributed by atoms with Crippen LogP contribution in [0.1, 0.15) is 20.8 Å². The van der Waals surface area contributed by atoms with Crippen LogP contribution in [0.3, 0.4) is 0 Å². The highest BCUT2D eigenvalue weighted by molar-refractivity contribution is 7.71. The van der Waals surface area contributed by atoms with Gasteiger partial charge in [-0.15, -0.1) is 0 Å². The lowest BCUT2D eigenvalue weighted by molar-refractivity contribution is 0.302. The number of rotatable bonds is 1. The van der Waals surface area contributed by atoms with E-state index in [0.29, 0.717) is 17.8 Å². The van der Waals surface area contributed by atoms with Gasteiger partial charge in [-0.1, -0.05) is 51.1 Å². The fourth-order valence-electron chi connectivity index (χ4n) is 2.81. The average molecular weight is 236 g/mol. The molecule has 2 heteroatoms. The zero-order valence-electron chi connectivity index (χ0n) is 10.4. The summed E-state index contributed by atoms with van der Waals surface area (Å²) in [5.74, 6) is 1.86. The van der Waals surface area contributed by atoms with E-state index in [9.17, 15) is 4.57 Å². The molecule has 0 N–H and O–H groups in total. The van der Waals surface area contributed by atoms with Gasteiger partial charge in [-0.05, 0) is 17.8 Å². The average Bonchev–Trinajstić information content (AvgIpc) is 2.27. The van der Waals surface area contributed by atoms with Crippen molar-refractivity contribution in [1.29, 1.82) is 0 Å². The molecule has 1 nitrogen and oxygen atoms in total. The van der Waals surface area contributed by atoms with E-state index in [1.165, 1.54) is 0 Å². The van der Waals surface area contributed by atoms with Crippen LogP contribution in [0.25, 0.3) is 0 Å². The Morgan fingerprint density at radius 2 is 1.50 bits per heavy atom. The molecule has 4 atom stereocenters. The van der Waals surface area contributed by atoms with Crippen LogP contribution in [0.15, 0.2) is 30.3 Å². The second-order valence-corrected chi connectivity index (χ2v) is 8.43. The van der Waals surface area contributed by atoms with E-state index in [1.54, 1.807) is 0 Å². The van der Waals surface area contributed by atoms with Crippen molar-refractivity contribution in [2.24, 2.45) is 17.8 Å². The SMILES string of the molecule is CC1[C@H](C)CP(=O)(c2ccccc2)C[C@@H]1C. The minimum Gasteiger partial charge on any atom is -0.319 e. The van der Waals surface area contributed by atoms with Gasteiger partial charge in [0.1, 0.15) is 7.14 Å². The van der Waals surface area contributed by atoms with Crippen LogP contribution in [-0.4, -0.2) is 12.3 Å². The van der Waals surface area contributed by atoms with E-state index in [1.807, 2.05) is 30.3 Å². The lowest BCUT2D eigenvalue weighted by Crippen LogP contribution is -2.32. The van der Waals surface area contributed by atoms with Gasteiger partial charge in [0.2, 0.25) is 0 Å². The number of hydrogen-bond acceptors (Lipinski definition) is 1. The molecule has 1 saturated heterocycles. The van der Waals surface area contributed by atoms with Crippen molar-refractivity contribution < 1.29 is 4.57 Å². The third-order valence-electron chi connectivity index (χ3n) is 4.19. The third-order valence-corrected chi connectivity index (χ3v) is 7.76. The van der Waals surface area contributed by atoms with Crippen LogP contribution in [0.5, 0.6) is 0 Å². The van der Waals surface area contributed by atoms with Crippen LogP contribution in [0, 0.1) is 17.8 Å². The van der Waals surface area contributed by atoms with E-state index in [2.05, 4.69) is 20.8 Å². The van der Waals surface area contributed by atoms with Gasteiger partial charge in [0.15, 0.2) is 0 Å². The Hall–Kier alpha value is -0.550. The van der Waals surface area contributed by atoms with Crippen LogP contribution >= 0.6 is 7.14 Å². The molecule has 0 bridgehead atoms. The zero-order chi connectivity index (χ0) is 11.8. The third kappa shape index (κ3) is 2.11. The Labute approximate surface area is 98.6 Å². The predicted molar refractivity (Wildman–Crippen MR) is 70.9 cm³/mol. The van der Waals surface area contributed by atoms with Crippen molar-refractivity contribution in [1.82, 2.24) is 0 Å². The predicted octanol–water partition coefficient (Wildman–Crippen LogP) is 3.60. The van der Waals surface area contributed by atoms with E-state index in [-0.39, 0.29) is 0 Å². The molecule has 1 fully saturated rings. The first-order valence-electron chi connectivity index (χ1n) is 6.16. The van der Waals surface area contributed by atoms with Gasteiger partial charge in [-0.3, -0.25) is 0 Å². The molecule has 0 aliphatic carbocycles. The molecule has 88 valence electrons. The zero-order valence-corrected chi connectivity index (χ0v) is 11.3. The highest BCUT2D eigenvalue weighted by Gasteiger charge is 2.38. The maximum Gasteiger partial charge on any atom is 0.116 e. The van der Waals surface area contributed by atoms with Crippen LogP contribution < -0.4 is 5.30 Å². The van der Waals surface area contributed by atoms with Gasteiger partial charge in [-0.25, -0.2) is 0 Å². The van der Waals surface area contributed by atoms with E-state index in [4.69, 9.17) is 0 Å². The topological polar surface area (TPSA) is 17.1 Å². The fourth-order valence-corrected chi connectivity index (χ4v) is 6.62. The maximum atomic E-state index is 13.0. The van der Waals surface area contributed by atoms with Crippen molar-refractivity contribution >= 4 is 12.4 Å². The second kappa shape index (κ2) is 4.37. The summed E-state index contributed by atoms with van der Waals surface area (Å²) in [6.45, 7) is 6.79. The number of hydrogen-bond donors (Lipinski definition) is 0. The molecule has 1 heterocycles. The molecule has 1 aromatic rings.